The van der Waals surface area contributed by atoms with Gasteiger partial charge in [-0.1, -0.05) is 24.1 Å². The van der Waals surface area contributed by atoms with E-state index < -0.39 is 0 Å². The summed E-state index contributed by atoms with van der Waals surface area (Å²) in [7, 11) is 0. The Kier molecular flexibility index (Phi) is 2.53. The lowest BCUT2D eigenvalue weighted by Gasteiger charge is -2.20. The highest BCUT2D eigenvalue weighted by molar-refractivity contribution is 5.30. The van der Waals surface area contributed by atoms with Crippen LogP contribution in [-0.4, -0.2) is 0 Å². The van der Waals surface area contributed by atoms with Crippen molar-refractivity contribution in [1.82, 2.24) is 0 Å². The molecule has 0 saturated carbocycles. The van der Waals surface area contributed by atoms with Crippen LogP contribution in [0.15, 0.2) is 22.8 Å². The maximum Gasteiger partial charge on any atom is -0.0251 e. The van der Waals surface area contributed by atoms with Crippen molar-refractivity contribution < 1.29 is 0 Å². The van der Waals surface area contributed by atoms with Gasteiger partial charge in [0.1, 0.15) is 0 Å². The summed E-state index contributed by atoms with van der Waals surface area (Å²) in [5, 5.41) is 0. The van der Waals surface area contributed by atoms with E-state index in [0.29, 0.717) is 0 Å². The first kappa shape index (κ1) is 8.58. The van der Waals surface area contributed by atoms with E-state index in [0.717, 1.165) is 5.92 Å². The molecule has 0 heterocycles. The van der Waals surface area contributed by atoms with E-state index in [9.17, 15) is 0 Å². The van der Waals surface area contributed by atoms with Gasteiger partial charge in [0.15, 0.2) is 0 Å². The molecule has 1 rings (SSSR count). The summed E-state index contributed by atoms with van der Waals surface area (Å²) < 4.78 is 0. The Morgan fingerprint density at radius 2 is 2.00 bits per heavy atom. The lowest BCUT2D eigenvalue weighted by atomic mass is 9.86. The largest absolute Gasteiger partial charge is 0.0732 e. The van der Waals surface area contributed by atoms with Gasteiger partial charge >= 0.3 is 0 Å². The summed E-state index contributed by atoms with van der Waals surface area (Å²) in [5.41, 5.74) is 4.58. The molecule has 0 aromatic rings. The van der Waals surface area contributed by atoms with E-state index in [1.54, 1.807) is 11.1 Å². The first-order chi connectivity index (χ1) is 5.09. The minimum absolute atomic E-state index is 0.852. The van der Waals surface area contributed by atoms with Crippen molar-refractivity contribution in [3.05, 3.63) is 22.8 Å². The molecule has 0 aromatic heterocycles. The maximum absolute atomic E-state index is 2.36. The molecule has 1 aliphatic rings. The summed E-state index contributed by atoms with van der Waals surface area (Å²) >= 11 is 0. The van der Waals surface area contributed by atoms with Crippen molar-refractivity contribution in [3.8, 4) is 0 Å². The van der Waals surface area contributed by atoms with Gasteiger partial charge in [0, 0.05) is 0 Å². The van der Waals surface area contributed by atoms with Crippen LogP contribution >= 0.6 is 0 Å². The number of rotatable bonds is 0. The molecular weight excluding hydrogens is 132 g/mol. The Bertz CT molecular complexity index is 202. The van der Waals surface area contributed by atoms with Crippen LogP contribution in [0.3, 0.4) is 0 Å². The highest BCUT2D eigenvalue weighted by Crippen LogP contribution is 2.28. The Morgan fingerprint density at radius 3 is 2.45 bits per heavy atom. The fourth-order valence-electron chi connectivity index (χ4n) is 1.76. The predicted molar refractivity (Wildman–Crippen MR) is 50.5 cm³/mol. The van der Waals surface area contributed by atoms with Gasteiger partial charge in [-0.2, -0.15) is 0 Å². The maximum atomic E-state index is 2.36. The number of allylic oxidation sites excluding steroid dienone is 4. The van der Waals surface area contributed by atoms with Crippen molar-refractivity contribution in [2.45, 2.75) is 40.5 Å². The zero-order valence-corrected chi connectivity index (χ0v) is 8.07. The van der Waals surface area contributed by atoms with Gasteiger partial charge in [-0.05, 0) is 45.1 Å². The van der Waals surface area contributed by atoms with E-state index in [2.05, 4.69) is 33.8 Å². The number of hydrogen-bond donors (Lipinski definition) is 0. The van der Waals surface area contributed by atoms with Crippen molar-refractivity contribution in [1.29, 1.82) is 0 Å². The molecule has 0 aromatic carbocycles. The molecule has 0 bridgehead atoms. The van der Waals surface area contributed by atoms with Crippen LogP contribution in [0.5, 0.6) is 0 Å². The normalized spacial score (nSPS) is 24.9. The molecule has 0 heteroatoms. The highest BCUT2D eigenvalue weighted by atomic mass is 14.2. The average Bonchev–Trinajstić information content (AvgIpc) is 1.85. The third-order valence-corrected chi connectivity index (χ3v) is 2.30. The van der Waals surface area contributed by atoms with Crippen LogP contribution in [0, 0.1) is 5.92 Å². The smallest absolute Gasteiger partial charge is 0.0251 e. The van der Waals surface area contributed by atoms with Crippen LogP contribution in [0.25, 0.3) is 0 Å². The molecule has 0 nitrogen and oxygen atoms in total. The zero-order chi connectivity index (χ0) is 8.43. The van der Waals surface area contributed by atoms with Crippen molar-refractivity contribution in [2.24, 2.45) is 5.92 Å². The Morgan fingerprint density at radius 1 is 1.36 bits per heavy atom. The molecule has 1 aliphatic carbocycles. The molecule has 62 valence electrons. The highest BCUT2D eigenvalue weighted by Gasteiger charge is 2.11. The molecule has 0 N–H and O–H groups in total. The average molecular weight is 150 g/mol. The minimum Gasteiger partial charge on any atom is -0.0732 e. The molecule has 1 atom stereocenters. The second kappa shape index (κ2) is 3.25. The second-order valence-electron chi connectivity index (χ2n) is 4.03. The van der Waals surface area contributed by atoms with Crippen molar-refractivity contribution in [2.75, 3.05) is 0 Å². The van der Waals surface area contributed by atoms with Gasteiger partial charge in [-0.3, -0.25) is 0 Å². The monoisotopic (exact) mass is 150 g/mol. The SMILES string of the molecule is CC1=CC(=C(C)C)CC(C)C1. The van der Waals surface area contributed by atoms with Gasteiger partial charge in [-0.25, -0.2) is 0 Å². The van der Waals surface area contributed by atoms with Crippen LogP contribution in [0.4, 0.5) is 0 Å². The van der Waals surface area contributed by atoms with Gasteiger partial charge in [0.2, 0.25) is 0 Å². The summed E-state index contributed by atoms with van der Waals surface area (Å²) in [4.78, 5) is 0. The summed E-state index contributed by atoms with van der Waals surface area (Å²) in [6.45, 7) is 8.98. The van der Waals surface area contributed by atoms with Crippen LogP contribution in [-0.2, 0) is 0 Å². The first-order valence-corrected chi connectivity index (χ1v) is 4.43. The third kappa shape index (κ3) is 2.21. The van der Waals surface area contributed by atoms with Gasteiger partial charge < -0.3 is 0 Å². The van der Waals surface area contributed by atoms with Crippen LogP contribution in [0.1, 0.15) is 40.5 Å². The Labute approximate surface area is 70.0 Å². The molecule has 0 radical (unpaired) electrons. The fourth-order valence-corrected chi connectivity index (χ4v) is 1.76. The standard InChI is InChI=1S/C11H18/c1-8(2)11-6-9(3)5-10(4)7-11/h6,10H,5,7H2,1-4H3. The predicted octanol–water partition coefficient (Wildman–Crippen LogP) is 3.70. The molecule has 1 unspecified atom stereocenters. The third-order valence-electron chi connectivity index (χ3n) is 2.30. The zero-order valence-electron chi connectivity index (χ0n) is 8.07. The molecule has 0 amide bonds. The van der Waals surface area contributed by atoms with Crippen molar-refractivity contribution in [3.63, 3.8) is 0 Å². The molecular formula is C11H18. The fraction of sp³-hybridized carbons (Fsp3) is 0.636. The first-order valence-electron chi connectivity index (χ1n) is 4.43. The molecule has 0 saturated heterocycles. The quantitative estimate of drug-likeness (QED) is 0.494. The van der Waals surface area contributed by atoms with E-state index in [4.69, 9.17) is 0 Å². The van der Waals surface area contributed by atoms with Crippen LogP contribution < -0.4 is 0 Å². The minimum atomic E-state index is 0.852. The Balaban J connectivity index is 2.86. The van der Waals surface area contributed by atoms with E-state index in [-0.39, 0.29) is 0 Å². The van der Waals surface area contributed by atoms with Gasteiger partial charge in [-0.15, -0.1) is 0 Å². The van der Waals surface area contributed by atoms with Crippen LogP contribution in [0.2, 0.25) is 0 Å². The molecule has 0 spiro atoms. The molecule has 0 fully saturated rings. The van der Waals surface area contributed by atoms with Gasteiger partial charge in [0.05, 0.1) is 0 Å². The lowest BCUT2D eigenvalue weighted by molar-refractivity contribution is 0.557. The van der Waals surface area contributed by atoms with E-state index in [1.165, 1.54) is 18.4 Å². The Hall–Kier alpha value is -0.520. The lowest BCUT2D eigenvalue weighted by Crippen LogP contribution is -2.03. The summed E-state index contributed by atoms with van der Waals surface area (Å²) in [5.74, 6) is 0.852. The van der Waals surface area contributed by atoms with Crippen molar-refractivity contribution >= 4 is 0 Å². The molecule has 11 heavy (non-hydrogen) atoms. The number of hydrogen-bond acceptors (Lipinski definition) is 0. The van der Waals surface area contributed by atoms with E-state index in [1.807, 2.05) is 0 Å². The second-order valence-corrected chi connectivity index (χ2v) is 4.03. The topological polar surface area (TPSA) is 0 Å². The summed E-state index contributed by atoms with van der Waals surface area (Å²) in [6.07, 6.45) is 4.92. The summed E-state index contributed by atoms with van der Waals surface area (Å²) in [6, 6.07) is 0. The van der Waals surface area contributed by atoms with E-state index >= 15 is 0 Å². The van der Waals surface area contributed by atoms with Gasteiger partial charge in [0.25, 0.3) is 0 Å². The molecule has 0 aliphatic heterocycles.